The molecule has 0 unspecified atom stereocenters. The van der Waals surface area contributed by atoms with Crippen molar-refractivity contribution < 1.29 is 13.6 Å². The number of benzene rings is 1. The minimum atomic E-state index is -0.875. The zero-order valence-corrected chi connectivity index (χ0v) is 18.9. The smallest absolute Gasteiger partial charge is 0.275 e. The van der Waals surface area contributed by atoms with Crippen molar-refractivity contribution in [3.8, 4) is 11.3 Å². The Morgan fingerprint density at radius 1 is 1.35 bits per heavy atom. The van der Waals surface area contributed by atoms with E-state index in [-0.39, 0.29) is 44.0 Å². The standard InChI is InChI=1S/C20H18BrClF2N6O/c1-29(9-3-4-9)19(31)18-13(12-8-25-5-2-6-30(12)28-18)16-10-7-11(23)14(21)15(24)17(10)27-20(22)26-16/h7,9,25H,2-6,8H2,1H3. The molecule has 162 valence electrons. The summed E-state index contributed by atoms with van der Waals surface area (Å²) in [6.45, 7) is 1.84. The Morgan fingerprint density at radius 3 is 2.87 bits per heavy atom. The van der Waals surface area contributed by atoms with Crippen LogP contribution in [0.2, 0.25) is 5.28 Å². The molecule has 2 aromatic heterocycles. The fourth-order valence-corrected chi connectivity index (χ4v) is 4.42. The first-order chi connectivity index (χ1) is 14.9. The van der Waals surface area contributed by atoms with Gasteiger partial charge in [0.1, 0.15) is 11.3 Å². The minimum Gasteiger partial charge on any atom is -0.337 e. The molecular formula is C20H18BrClF2N6O. The molecule has 1 aromatic carbocycles. The maximum Gasteiger partial charge on any atom is 0.275 e. The Kier molecular flexibility index (Phi) is 5.18. The predicted octanol–water partition coefficient (Wildman–Crippen LogP) is 3.92. The van der Waals surface area contributed by atoms with Crippen LogP contribution in [0.5, 0.6) is 0 Å². The molecule has 3 aromatic rings. The molecule has 1 fully saturated rings. The van der Waals surface area contributed by atoms with Crippen LogP contribution in [0.3, 0.4) is 0 Å². The third-order valence-corrected chi connectivity index (χ3v) is 6.62. The second kappa shape index (κ2) is 7.75. The van der Waals surface area contributed by atoms with E-state index in [1.165, 1.54) is 0 Å². The van der Waals surface area contributed by atoms with E-state index in [1.54, 1.807) is 16.6 Å². The average Bonchev–Trinajstić information content (AvgIpc) is 3.56. The number of nitrogens with one attached hydrogen (secondary N) is 1. The molecule has 1 amide bonds. The molecule has 31 heavy (non-hydrogen) atoms. The highest BCUT2D eigenvalue weighted by Crippen LogP contribution is 2.38. The molecule has 11 heteroatoms. The number of amides is 1. The Morgan fingerprint density at radius 2 is 2.13 bits per heavy atom. The molecule has 0 saturated heterocycles. The van der Waals surface area contributed by atoms with Crippen LogP contribution in [0, 0.1) is 11.6 Å². The van der Waals surface area contributed by atoms with Crippen LogP contribution in [0.15, 0.2) is 10.5 Å². The van der Waals surface area contributed by atoms with Crippen molar-refractivity contribution in [1.82, 2.24) is 30.0 Å². The van der Waals surface area contributed by atoms with E-state index < -0.39 is 11.6 Å². The number of rotatable bonds is 3. The summed E-state index contributed by atoms with van der Waals surface area (Å²) in [7, 11) is 1.74. The van der Waals surface area contributed by atoms with E-state index in [2.05, 4.69) is 36.3 Å². The van der Waals surface area contributed by atoms with Gasteiger partial charge in [0.25, 0.3) is 5.91 Å². The van der Waals surface area contributed by atoms with E-state index in [0.29, 0.717) is 18.7 Å². The highest BCUT2D eigenvalue weighted by molar-refractivity contribution is 9.10. The van der Waals surface area contributed by atoms with E-state index in [4.69, 9.17) is 11.6 Å². The van der Waals surface area contributed by atoms with Crippen molar-refractivity contribution in [2.24, 2.45) is 0 Å². The van der Waals surface area contributed by atoms with Crippen LogP contribution in [0.1, 0.15) is 35.4 Å². The van der Waals surface area contributed by atoms with Gasteiger partial charge in [0, 0.05) is 31.6 Å². The number of carbonyl (C=O) groups is 1. The van der Waals surface area contributed by atoms with Gasteiger partial charge in [-0.25, -0.2) is 18.7 Å². The van der Waals surface area contributed by atoms with E-state index in [0.717, 1.165) is 37.6 Å². The first kappa shape index (κ1) is 20.7. The van der Waals surface area contributed by atoms with Gasteiger partial charge in [0.2, 0.25) is 5.28 Å². The topological polar surface area (TPSA) is 75.9 Å². The van der Waals surface area contributed by atoms with Crippen LogP contribution in [0.25, 0.3) is 22.2 Å². The quantitative estimate of drug-likeness (QED) is 0.426. The highest BCUT2D eigenvalue weighted by atomic mass is 79.9. The normalized spacial score (nSPS) is 16.3. The highest BCUT2D eigenvalue weighted by Gasteiger charge is 2.35. The fraction of sp³-hybridized carbons (Fsp3) is 0.400. The monoisotopic (exact) mass is 510 g/mol. The van der Waals surface area contributed by atoms with Gasteiger partial charge >= 0.3 is 0 Å². The zero-order chi connectivity index (χ0) is 21.9. The summed E-state index contributed by atoms with van der Waals surface area (Å²) in [5.74, 6) is -1.92. The third-order valence-electron chi connectivity index (χ3n) is 5.73. The second-order valence-electron chi connectivity index (χ2n) is 7.79. The van der Waals surface area contributed by atoms with Crippen molar-refractivity contribution in [2.75, 3.05) is 13.6 Å². The number of aromatic nitrogens is 4. The fourth-order valence-electron chi connectivity index (χ4n) is 3.95. The lowest BCUT2D eigenvalue weighted by Gasteiger charge is -2.16. The van der Waals surface area contributed by atoms with Gasteiger partial charge in [-0.05, 0) is 59.4 Å². The second-order valence-corrected chi connectivity index (χ2v) is 8.93. The summed E-state index contributed by atoms with van der Waals surface area (Å²) < 4.78 is 30.7. The molecule has 0 atom stereocenters. The maximum absolute atomic E-state index is 14.8. The number of fused-ring (bicyclic) bond motifs is 2. The molecule has 0 spiro atoms. The van der Waals surface area contributed by atoms with Gasteiger partial charge in [0.05, 0.1) is 21.4 Å². The third kappa shape index (κ3) is 3.50. The molecule has 1 aliphatic heterocycles. The molecule has 0 radical (unpaired) electrons. The summed E-state index contributed by atoms with van der Waals surface area (Å²) in [5, 5.41) is 7.84. The van der Waals surface area contributed by atoms with Gasteiger partial charge in [-0.15, -0.1) is 0 Å². The van der Waals surface area contributed by atoms with Crippen LogP contribution < -0.4 is 5.32 Å². The summed E-state index contributed by atoms with van der Waals surface area (Å²) in [6, 6.07) is 1.33. The number of halogens is 4. The molecule has 0 bridgehead atoms. The van der Waals surface area contributed by atoms with Gasteiger partial charge in [0.15, 0.2) is 11.5 Å². The molecule has 1 aliphatic carbocycles. The van der Waals surface area contributed by atoms with Crippen molar-refractivity contribution >= 4 is 44.3 Å². The molecule has 1 saturated carbocycles. The van der Waals surface area contributed by atoms with Crippen molar-refractivity contribution in [1.29, 1.82) is 0 Å². The van der Waals surface area contributed by atoms with E-state index in [9.17, 15) is 13.6 Å². The lowest BCUT2D eigenvalue weighted by Crippen LogP contribution is -2.29. The largest absolute Gasteiger partial charge is 0.337 e. The van der Waals surface area contributed by atoms with Crippen LogP contribution in [0.4, 0.5) is 8.78 Å². The maximum atomic E-state index is 14.8. The summed E-state index contributed by atoms with van der Waals surface area (Å²) in [4.78, 5) is 23.3. The minimum absolute atomic E-state index is 0.126. The van der Waals surface area contributed by atoms with Crippen LogP contribution in [-0.2, 0) is 13.1 Å². The van der Waals surface area contributed by atoms with Gasteiger partial charge in [-0.1, -0.05) is 0 Å². The summed E-state index contributed by atoms with van der Waals surface area (Å²) in [6.07, 6.45) is 2.72. The molecule has 7 nitrogen and oxygen atoms in total. The predicted molar refractivity (Wildman–Crippen MR) is 115 cm³/mol. The van der Waals surface area contributed by atoms with E-state index >= 15 is 0 Å². The SMILES string of the molecule is CN(C(=O)c1nn2c(c1-c1nc(Cl)nc3c(F)c(Br)c(F)cc13)CNCCC2)C1CC1. The molecular weight excluding hydrogens is 494 g/mol. The number of hydrogen-bond donors (Lipinski definition) is 1. The number of nitrogens with zero attached hydrogens (tertiary/aromatic N) is 5. The zero-order valence-electron chi connectivity index (χ0n) is 16.6. The summed E-state index contributed by atoms with van der Waals surface area (Å²) in [5.41, 5.74) is 1.43. The lowest BCUT2D eigenvalue weighted by molar-refractivity contribution is 0.0779. The Bertz CT molecular complexity index is 1230. The van der Waals surface area contributed by atoms with Gasteiger partial charge < -0.3 is 10.2 Å². The molecule has 5 rings (SSSR count). The molecule has 2 aliphatic rings. The number of aryl methyl sites for hydroxylation is 1. The Labute approximate surface area is 189 Å². The first-order valence-corrected chi connectivity index (χ1v) is 11.1. The molecule has 3 heterocycles. The average molecular weight is 512 g/mol. The van der Waals surface area contributed by atoms with Crippen LogP contribution >= 0.6 is 27.5 Å². The number of hydrogen-bond acceptors (Lipinski definition) is 5. The first-order valence-electron chi connectivity index (χ1n) is 9.95. The Hall–Kier alpha value is -2.17. The van der Waals surface area contributed by atoms with Crippen LogP contribution in [-0.4, -0.2) is 50.2 Å². The Balaban J connectivity index is 1.81. The number of carbonyl (C=O) groups excluding carboxylic acids is 1. The van der Waals surface area contributed by atoms with Gasteiger partial charge in [-0.3, -0.25) is 9.48 Å². The summed E-state index contributed by atoms with van der Waals surface area (Å²) >= 11 is 9.05. The van der Waals surface area contributed by atoms with Crippen molar-refractivity contribution in [2.45, 2.75) is 38.4 Å². The lowest BCUT2D eigenvalue weighted by atomic mass is 10.0. The van der Waals surface area contributed by atoms with Crippen molar-refractivity contribution in [3.05, 3.63) is 38.8 Å². The van der Waals surface area contributed by atoms with Gasteiger partial charge in [-0.2, -0.15) is 5.10 Å². The van der Waals surface area contributed by atoms with E-state index in [1.807, 2.05) is 0 Å². The van der Waals surface area contributed by atoms with Crippen molar-refractivity contribution in [3.63, 3.8) is 0 Å². The molecule has 1 N–H and O–H groups in total.